The molecule has 0 unspecified atom stereocenters. The molecule has 5 heteroatoms. The molecule has 0 radical (unpaired) electrons. The van der Waals surface area contributed by atoms with Crippen molar-refractivity contribution in [2.24, 2.45) is 0 Å². The van der Waals surface area contributed by atoms with E-state index in [1.165, 1.54) is 25.4 Å². The molecule has 0 aliphatic heterocycles. The topological polar surface area (TPSA) is 83.3 Å². The van der Waals surface area contributed by atoms with Crippen LogP contribution < -0.4 is 0 Å². The highest BCUT2D eigenvalue weighted by Gasteiger charge is 2.00. The van der Waals surface area contributed by atoms with Crippen LogP contribution in [0, 0.1) is 0 Å². The number of hydrogen-bond acceptors (Lipinski definition) is 4. The third-order valence-electron chi connectivity index (χ3n) is 1.34. The van der Waals surface area contributed by atoms with Crippen LogP contribution in [0.25, 0.3) is 6.08 Å². The van der Waals surface area contributed by atoms with Crippen molar-refractivity contribution in [3.63, 3.8) is 0 Å². The highest BCUT2D eigenvalue weighted by Crippen LogP contribution is 2.05. The second kappa shape index (κ2) is 3.66. The van der Waals surface area contributed by atoms with E-state index in [0.29, 0.717) is 0 Å². The van der Waals surface area contributed by atoms with E-state index in [1.807, 2.05) is 0 Å². The number of nitrogens with zero attached hydrogens (tertiary/aromatic N) is 2. The SMILES string of the molecule is C/C(=C\c1ncc(O)cn1)C(=O)O. The van der Waals surface area contributed by atoms with Crippen LogP contribution in [-0.2, 0) is 4.79 Å². The fraction of sp³-hybridized carbons (Fsp3) is 0.125. The van der Waals surface area contributed by atoms with Crippen molar-refractivity contribution in [1.29, 1.82) is 0 Å². The van der Waals surface area contributed by atoms with Crippen molar-refractivity contribution in [2.75, 3.05) is 0 Å². The molecule has 5 nitrogen and oxygen atoms in total. The highest BCUT2D eigenvalue weighted by atomic mass is 16.4. The summed E-state index contributed by atoms with van der Waals surface area (Å²) < 4.78 is 0. The van der Waals surface area contributed by atoms with Gasteiger partial charge in [-0.15, -0.1) is 0 Å². The molecule has 0 fully saturated rings. The van der Waals surface area contributed by atoms with Crippen LogP contribution in [0.3, 0.4) is 0 Å². The van der Waals surface area contributed by atoms with Gasteiger partial charge in [0.2, 0.25) is 0 Å². The molecular formula is C8H8N2O3. The van der Waals surface area contributed by atoms with Gasteiger partial charge in [0.25, 0.3) is 0 Å². The lowest BCUT2D eigenvalue weighted by atomic mass is 10.3. The Morgan fingerprint density at radius 1 is 1.46 bits per heavy atom. The van der Waals surface area contributed by atoms with Crippen molar-refractivity contribution in [3.8, 4) is 5.75 Å². The number of rotatable bonds is 2. The molecule has 68 valence electrons. The van der Waals surface area contributed by atoms with E-state index in [2.05, 4.69) is 9.97 Å². The maximum atomic E-state index is 10.4. The minimum atomic E-state index is -1.02. The third-order valence-corrected chi connectivity index (χ3v) is 1.34. The number of aliphatic carboxylic acids is 1. The average molecular weight is 180 g/mol. The molecule has 0 aliphatic rings. The van der Waals surface area contributed by atoms with E-state index in [1.54, 1.807) is 0 Å². The van der Waals surface area contributed by atoms with Crippen molar-refractivity contribution >= 4 is 12.0 Å². The molecule has 0 aliphatic carbocycles. The summed E-state index contributed by atoms with van der Waals surface area (Å²) in [5, 5.41) is 17.4. The minimum absolute atomic E-state index is 0.0508. The molecule has 1 aromatic rings. The number of carboxylic acid groups (broad SMARTS) is 1. The highest BCUT2D eigenvalue weighted by molar-refractivity contribution is 5.90. The van der Waals surface area contributed by atoms with Crippen LogP contribution in [0.2, 0.25) is 0 Å². The van der Waals surface area contributed by atoms with Crippen molar-refractivity contribution in [2.45, 2.75) is 6.92 Å². The predicted molar refractivity (Wildman–Crippen MR) is 45.0 cm³/mol. The summed E-state index contributed by atoms with van der Waals surface area (Å²) >= 11 is 0. The number of aromatic hydroxyl groups is 1. The maximum Gasteiger partial charge on any atom is 0.331 e. The van der Waals surface area contributed by atoms with Gasteiger partial charge >= 0.3 is 5.97 Å². The zero-order chi connectivity index (χ0) is 9.84. The van der Waals surface area contributed by atoms with Crippen LogP contribution in [0.1, 0.15) is 12.7 Å². The van der Waals surface area contributed by atoms with Crippen LogP contribution in [-0.4, -0.2) is 26.2 Å². The van der Waals surface area contributed by atoms with Gasteiger partial charge in [-0.3, -0.25) is 0 Å². The Morgan fingerprint density at radius 2 is 2.00 bits per heavy atom. The molecule has 0 spiro atoms. The van der Waals surface area contributed by atoms with E-state index in [4.69, 9.17) is 10.2 Å². The van der Waals surface area contributed by atoms with Crippen molar-refractivity contribution < 1.29 is 15.0 Å². The predicted octanol–water partition coefficient (Wildman–Crippen LogP) is 0.670. The average Bonchev–Trinajstić information content (AvgIpc) is 2.08. The first-order chi connectivity index (χ1) is 6.09. The van der Waals surface area contributed by atoms with Gasteiger partial charge in [-0.2, -0.15) is 0 Å². The first kappa shape index (κ1) is 9.18. The van der Waals surface area contributed by atoms with Gasteiger partial charge in [-0.1, -0.05) is 0 Å². The lowest BCUT2D eigenvalue weighted by Gasteiger charge is -1.94. The molecule has 0 aromatic carbocycles. The number of carboxylic acids is 1. The second-order valence-corrected chi connectivity index (χ2v) is 2.43. The molecule has 0 saturated heterocycles. The van der Waals surface area contributed by atoms with Gasteiger partial charge in [0.15, 0.2) is 11.6 Å². The zero-order valence-corrected chi connectivity index (χ0v) is 6.93. The van der Waals surface area contributed by atoms with Gasteiger partial charge in [0.1, 0.15) is 0 Å². The molecule has 1 aromatic heterocycles. The molecule has 1 rings (SSSR count). The van der Waals surface area contributed by atoms with E-state index >= 15 is 0 Å². The Balaban J connectivity index is 2.92. The standard InChI is InChI=1S/C8H8N2O3/c1-5(8(12)13)2-7-9-3-6(11)4-10-7/h2-4,11H,1H3,(H,12,13)/b5-2+. The largest absolute Gasteiger partial charge is 0.505 e. The molecule has 2 N–H and O–H groups in total. The Morgan fingerprint density at radius 3 is 2.46 bits per heavy atom. The van der Waals surface area contributed by atoms with E-state index in [9.17, 15) is 4.79 Å². The van der Waals surface area contributed by atoms with Gasteiger partial charge in [-0.25, -0.2) is 14.8 Å². The molecule has 1 heterocycles. The third kappa shape index (κ3) is 2.55. The normalized spacial score (nSPS) is 11.3. The summed E-state index contributed by atoms with van der Waals surface area (Å²) in [6.07, 6.45) is 3.73. The van der Waals surface area contributed by atoms with Crippen LogP contribution in [0.5, 0.6) is 5.75 Å². The molecule has 13 heavy (non-hydrogen) atoms. The van der Waals surface area contributed by atoms with E-state index in [0.717, 1.165) is 0 Å². The number of carbonyl (C=O) groups is 1. The quantitative estimate of drug-likeness (QED) is 0.653. The minimum Gasteiger partial charge on any atom is -0.505 e. The summed E-state index contributed by atoms with van der Waals surface area (Å²) in [7, 11) is 0. The zero-order valence-electron chi connectivity index (χ0n) is 6.93. The lowest BCUT2D eigenvalue weighted by molar-refractivity contribution is -0.132. The summed E-state index contributed by atoms with van der Waals surface area (Å²) in [4.78, 5) is 17.8. The first-order valence-corrected chi connectivity index (χ1v) is 3.52. The summed E-state index contributed by atoms with van der Waals surface area (Å²) in [6.45, 7) is 1.44. The smallest absolute Gasteiger partial charge is 0.331 e. The first-order valence-electron chi connectivity index (χ1n) is 3.52. The summed E-state index contributed by atoms with van der Waals surface area (Å²) in [5.74, 6) is -0.806. The molecule has 0 atom stereocenters. The molecule has 0 bridgehead atoms. The molecule has 0 saturated carbocycles. The Hall–Kier alpha value is -1.91. The van der Waals surface area contributed by atoms with E-state index < -0.39 is 5.97 Å². The fourth-order valence-electron chi connectivity index (χ4n) is 0.661. The van der Waals surface area contributed by atoms with Gasteiger partial charge < -0.3 is 10.2 Å². The van der Waals surface area contributed by atoms with Gasteiger partial charge in [0, 0.05) is 5.57 Å². The summed E-state index contributed by atoms with van der Waals surface area (Å²) in [6, 6.07) is 0. The van der Waals surface area contributed by atoms with Crippen LogP contribution in [0.4, 0.5) is 0 Å². The second-order valence-electron chi connectivity index (χ2n) is 2.43. The maximum absolute atomic E-state index is 10.4. The Labute approximate surface area is 74.4 Å². The van der Waals surface area contributed by atoms with Gasteiger partial charge in [-0.05, 0) is 13.0 Å². The number of aromatic nitrogens is 2. The van der Waals surface area contributed by atoms with Gasteiger partial charge in [0.05, 0.1) is 12.4 Å². The van der Waals surface area contributed by atoms with Crippen molar-refractivity contribution in [3.05, 3.63) is 23.8 Å². The lowest BCUT2D eigenvalue weighted by Crippen LogP contribution is -1.96. The Kier molecular flexibility index (Phi) is 2.59. The monoisotopic (exact) mass is 180 g/mol. The fourth-order valence-corrected chi connectivity index (χ4v) is 0.661. The Bertz CT molecular complexity index is 343. The molecular weight excluding hydrogens is 172 g/mol. The van der Waals surface area contributed by atoms with Crippen molar-refractivity contribution in [1.82, 2.24) is 9.97 Å². The van der Waals surface area contributed by atoms with Crippen LogP contribution >= 0.6 is 0 Å². The summed E-state index contributed by atoms with van der Waals surface area (Å²) in [5.41, 5.74) is 0.144. The molecule has 0 amide bonds. The number of hydrogen-bond donors (Lipinski definition) is 2. The van der Waals surface area contributed by atoms with Crippen LogP contribution in [0.15, 0.2) is 18.0 Å². The van der Waals surface area contributed by atoms with E-state index in [-0.39, 0.29) is 17.1 Å².